The topological polar surface area (TPSA) is 12.0 Å². The van der Waals surface area contributed by atoms with Gasteiger partial charge in [-0.1, -0.05) is 0 Å². The summed E-state index contributed by atoms with van der Waals surface area (Å²) in [5.74, 6) is 0. The van der Waals surface area contributed by atoms with Gasteiger partial charge in [-0.2, -0.15) is 0 Å². The molecule has 0 aromatic rings. The standard InChI is InChI=1S/C5H11N.CH3.Ga/c1-3-5-6-4-2;;/h3,6H,2,4-5H2,1H3;1H3;. The van der Waals surface area contributed by atoms with Gasteiger partial charge < -0.3 is 0 Å². The third-order valence-electron chi connectivity index (χ3n) is 2.21. The van der Waals surface area contributed by atoms with Crippen LogP contribution in [0.1, 0.15) is 6.92 Å². The molecule has 0 aliphatic carbocycles. The van der Waals surface area contributed by atoms with Crippen LogP contribution in [0.3, 0.4) is 0 Å². The van der Waals surface area contributed by atoms with E-state index < -0.39 is 16.2 Å². The van der Waals surface area contributed by atoms with Crippen molar-refractivity contribution in [3.63, 3.8) is 0 Å². The van der Waals surface area contributed by atoms with Crippen molar-refractivity contribution < 1.29 is 0 Å². The van der Waals surface area contributed by atoms with E-state index in [1.54, 1.807) is 4.98 Å². The number of rotatable bonds is 0. The van der Waals surface area contributed by atoms with Crippen molar-refractivity contribution in [2.45, 2.75) is 21.8 Å². The van der Waals surface area contributed by atoms with Gasteiger partial charge in [-0.15, -0.1) is 0 Å². The molecule has 1 rings (SSSR count). The molecule has 0 aromatic heterocycles. The summed E-state index contributed by atoms with van der Waals surface area (Å²) in [7, 11) is 0. The predicted molar refractivity (Wildman–Crippen MR) is 38.7 cm³/mol. The molecule has 1 heterocycles. The maximum atomic E-state index is 3.41. The first-order valence-electron chi connectivity index (χ1n) is 3.51. The Morgan fingerprint density at radius 3 is 2.75 bits per heavy atom. The van der Waals surface area contributed by atoms with E-state index in [2.05, 4.69) is 17.7 Å². The zero-order valence-corrected chi connectivity index (χ0v) is 8.20. The molecule has 0 spiro atoms. The van der Waals surface area contributed by atoms with E-state index in [4.69, 9.17) is 0 Å². The third kappa shape index (κ3) is 1.54. The Morgan fingerprint density at radius 1 is 1.62 bits per heavy atom. The van der Waals surface area contributed by atoms with E-state index in [0.29, 0.717) is 0 Å². The third-order valence-corrected chi connectivity index (χ3v) is 9.30. The molecule has 1 aliphatic rings. The monoisotopic (exact) mass is 169 g/mol. The Kier molecular flexibility index (Phi) is 2.47. The van der Waals surface area contributed by atoms with E-state index in [-0.39, 0.29) is 0 Å². The summed E-state index contributed by atoms with van der Waals surface area (Å²) in [6.07, 6.45) is 0. The number of hydrogen-bond acceptors (Lipinski definition) is 1. The molecule has 0 saturated carbocycles. The second-order valence-corrected chi connectivity index (χ2v) is 10.6. The van der Waals surface area contributed by atoms with Crippen LogP contribution in [0.5, 0.6) is 0 Å². The zero-order chi connectivity index (χ0) is 5.98. The first kappa shape index (κ1) is 6.71. The molecule has 0 radical (unpaired) electrons. The zero-order valence-electron chi connectivity index (χ0n) is 5.78. The van der Waals surface area contributed by atoms with Gasteiger partial charge in [0.1, 0.15) is 0 Å². The van der Waals surface area contributed by atoms with Gasteiger partial charge in [0.2, 0.25) is 0 Å². The SMILES string of the molecule is C[CH]1CNC[CH2][Ga]1[CH3]. The van der Waals surface area contributed by atoms with E-state index in [1.165, 1.54) is 13.1 Å². The fraction of sp³-hybridized carbons (Fsp3) is 1.00. The summed E-state index contributed by atoms with van der Waals surface area (Å²) in [6.45, 7) is 5.02. The van der Waals surface area contributed by atoms with Crippen LogP contribution in [0, 0.1) is 0 Å². The van der Waals surface area contributed by atoms with Crippen LogP contribution >= 0.6 is 0 Å². The van der Waals surface area contributed by atoms with Gasteiger partial charge in [-0.05, 0) is 0 Å². The second kappa shape index (κ2) is 2.94. The van der Waals surface area contributed by atoms with Crippen molar-refractivity contribution in [1.82, 2.24) is 5.32 Å². The van der Waals surface area contributed by atoms with Crippen LogP contribution in [-0.2, 0) is 0 Å². The molecule has 1 atom stereocenters. The molecule has 1 N–H and O–H groups in total. The quantitative estimate of drug-likeness (QED) is 0.536. The van der Waals surface area contributed by atoms with E-state index >= 15 is 0 Å². The van der Waals surface area contributed by atoms with Crippen LogP contribution < -0.4 is 5.32 Å². The summed E-state index contributed by atoms with van der Waals surface area (Å²) < 4.78 is 1.08. The van der Waals surface area contributed by atoms with Crippen LogP contribution in [0.4, 0.5) is 0 Å². The predicted octanol–water partition coefficient (Wildman–Crippen LogP) is 1.10. The fourth-order valence-corrected chi connectivity index (χ4v) is 4.92. The fourth-order valence-electron chi connectivity index (χ4n) is 1.15. The van der Waals surface area contributed by atoms with Crippen LogP contribution in [0.15, 0.2) is 0 Å². The minimum atomic E-state index is -0.668. The van der Waals surface area contributed by atoms with Crippen molar-refractivity contribution in [1.29, 1.82) is 0 Å². The van der Waals surface area contributed by atoms with Gasteiger partial charge in [0, 0.05) is 0 Å². The van der Waals surface area contributed by atoms with Gasteiger partial charge in [-0.3, -0.25) is 0 Å². The molecular formula is C6H14GaN. The van der Waals surface area contributed by atoms with Crippen molar-refractivity contribution >= 4 is 16.2 Å². The Bertz CT molecular complexity index is 64.9. The molecule has 1 saturated heterocycles. The van der Waals surface area contributed by atoms with Crippen molar-refractivity contribution in [2.24, 2.45) is 0 Å². The molecule has 1 nitrogen and oxygen atoms in total. The normalized spacial score (nSPS) is 30.8. The van der Waals surface area contributed by atoms with Crippen molar-refractivity contribution in [2.75, 3.05) is 13.1 Å². The summed E-state index contributed by atoms with van der Waals surface area (Å²) in [6, 6.07) is 0. The van der Waals surface area contributed by atoms with Gasteiger partial charge >= 0.3 is 56.5 Å². The maximum absolute atomic E-state index is 3.41. The Hall–Kier alpha value is 0.596. The Balaban J connectivity index is 2.28. The average Bonchev–Trinajstić information content (AvgIpc) is 1.77. The average molecular weight is 170 g/mol. The molecule has 46 valence electrons. The number of nitrogens with one attached hydrogen (secondary N) is 1. The molecule has 0 bridgehead atoms. The van der Waals surface area contributed by atoms with Crippen LogP contribution in [0.25, 0.3) is 0 Å². The van der Waals surface area contributed by atoms with E-state index in [9.17, 15) is 0 Å². The van der Waals surface area contributed by atoms with Crippen molar-refractivity contribution in [3.05, 3.63) is 0 Å². The first-order chi connectivity index (χ1) is 3.80. The van der Waals surface area contributed by atoms with E-state index in [1.807, 2.05) is 0 Å². The molecule has 0 aromatic carbocycles. The Morgan fingerprint density at radius 2 is 2.38 bits per heavy atom. The van der Waals surface area contributed by atoms with E-state index in [0.717, 1.165) is 4.47 Å². The Labute approximate surface area is 56.9 Å². The summed E-state index contributed by atoms with van der Waals surface area (Å²) >= 11 is -0.668. The summed E-state index contributed by atoms with van der Waals surface area (Å²) in [4.78, 5) is 1.55. The summed E-state index contributed by atoms with van der Waals surface area (Å²) in [5.41, 5.74) is 2.53. The van der Waals surface area contributed by atoms with Gasteiger partial charge in [0.25, 0.3) is 0 Å². The van der Waals surface area contributed by atoms with Gasteiger partial charge in [0.05, 0.1) is 0 Å². The van der Waals surface area contributed by atoms with Crippen LogP contribution in [0.2, 0.25) is 14.9 Å². The molecular weight excluding hydrogens is 156 g/mol. The van der Waals surface area contributed by atoms with Gasteiger partial charge in [0.15, 0.2) is 0 Å². The molecule has 8 heavy (non-hydrogen) atoms. The van der Waals surface area contributed by atoms with Crippen LogP contribution in [-0.4, -0.2) is 29.3 Å². The number of hydrogen-bond donors (Lipinski definition) is 1. The minimum absolute atomic E-state index is 0.668. The molecule has 1 fully saturated rings. The van der Waals surface area contributed by atoms with Gasteiger partial charge in [-0.25, -0.2) is 0 Å². The van der Waals surface area contributed by atoms with Crippen molar-refractivity contribution in [3.8, 4) is 0 Å². The second-order valence-electron chi connectivity index (χ2n) is 2.95. The molecule has 1 aliphatic heterocycles. The molecule has 1 unspecified atom stereocenters. The first-order valence-corrected chi connectivity index (χ1v) is 9.05. The summed E-state index contributed by atoms with van der Waals surface area (Å²) in [5, 5.41) is 3.41. The molecule has 0 amide bonds. The molecule has 2 heteroatoms.